The fourth-order valence-electron chi connectivity index (χ4n) is 0.144. The molecule has 0 aromatic rings. The molecule has 0 aromatic heterocycles. The molecule has 0 spiro atoms. The first-order chi connectivity index (χ1) is 2.91. The summed E-state index contributed by atoms with van der Waals surface area (Å²) in [6, 6.07) is 0. The zero-order valence-electron chi connectivity index (χ0n) is 4.12. The van der Waals surface area contributed by atoms with E-state index in [-0.39, 0.29) is 0 Å². The molecule has 0 atom stereocenters. The molecule has 0 bridgehead atoms. The standard InChI is InChI=1S/C4H5O.Sn.3H/c1-3-5-4-2;;;;/h3H2,1H3;;;;. The number of hydrogen-bond donors (Lipinski definition) is 0. The zero-order chi connectivity index (χ0) is 4.83. The van der Waals surface area contributed by atoms with Crippen LogP contribution in [0.2, 0.25) is 0 Å². The van der Waals surface area contributed by atoms with E-state index in [9.17, 15) is 0 Å². The van der Waals surface area contributed by atoms with E-state index in [1.807, 2.05) is 6.92 Å². The molecule has 0 saturated carbocycles. The Balaban J connectivity index is 2.79. The monoisotopic (exact) mass is 192 g/mol. The van der Waals surface area contributed by atoms with Crippen LogP contribution in [0.3, 0.4) is 0 Å². The van der Waals surface area contributed by atoms with E-state index in [0.29, 0.717) is 29.1 Å². The van der Waals surface area contributed by atoms with Crippen LogP contribution in [0.4, 0.5) is 0 Å². The molecule has 0 saturated heterocycles. The minimum absolute atomic E-state index is 0.493. The van der Waals surface area contributed by atoms with Gasteiger partial charge in [0.05, 0.1) is 0 Å². The van der Waals surface area contributed by atoms with Crippen molar-refractivity contribution in [2.45, 2.75) is 6.92 Å². The molecular formula is C4H8OSn. The second-order valence-corrected chi connectivity index (χ2v) is 2.21. The van der Waals surface area contributed by atoms with Gasteiger partial charge in [0.2, 0.25) is 0 Å². The summed E-state index contributed by atoms with van der Waals surface area (Å²) in [5, 5.41) is 0. The Labute approximate surface area is 51.2 Å². The molecule has 0 amide bonds. The molecule has 0 unspecified atom stereocenters. The topological polar surface area (TPSA) is 9.23 Å². The van der Waals surface area contributed by atoms with Crippen LogP contribution >= 0.6 is 0 Å². The normalized spacial score (nSPS) is 6.17. The SMILES string of the molecule is CCOC#[C][SnH3]. The van der Waals surface area contributed by atoms with E-state index in [1.54, 1.807) is 0 Å². The molecule has 0 aliphatic rings. The average Bonchev–Trinajstić information content (AvgIpc) is 1.61. The Morgan fingerprint density at radius 3 is 2.67 bits per heavy atom. The van der Waals surface area contributed by atoms with Gasteiger partial charge in [-0.05, 0) is 0 Å². The first-order valence-electron chi connectivity index (χ1n) is 1.95. The first-order valence-corrected chi connectivity index (χ1v) is 4.80. The summed E-state index contributed by atoms with van der Waals surface area (Å²) in [6.07, 6.45) is 2.54. The van der Waals surface area contributed by atoms with E-state index in [1.165, 1.54) is 0 Å². The summed E-state index contributed by atoms with van der Waals surface area (Å²) < 4.78 is 7.48. The van der Waals surface area contributed by atoms with Crippen molar-refractivity contribution >= 4 is 22.5 Å². The molecule has 0 rings (SSSR count). The number of hydrogen-bond acceptors (Lipinski definition) is 1. The molecule has 0 aliphatic heterocycles. The van der Waals surface area contributed by atoms with Crippen LogP contribution in [-0.2, 0) is 4.74 Å². The van der Waals surface area contributed by atoms with Gasteiger partial charge in [0, 0.05) is 0 Å². The molecule has 0 aromatic carbocycles. The van der Waals surface area contributed by atoms with Crippen LogP contribution in [0.15, 0.2) is 0 Å². The maximum atomic E-state index is 4.67. The quantitative estimate of drug-likeness (QED) is 0.393. The third-order valence-corrected chi connectivity index (χ3v) is 0.901. The molecule has 2 heteroatoms. The Morgan fingerprint density at radius 1 is 1.83 bits per heavy atom. The molecule has 6 heavy (non-hydrogen) atoms. The Morgan fingerprint density at radius 2 is 2.50 bits per heavy atom. The molecule has 0 N–H and O–H groups in total. The molecule has 0 fully saturated rings. The van der Waals surface area contributed by atoms with Crippen molar-refractivity contribution in [3.63, 3.8) is 0 Å². The van der Waals surface area contributed by atoms with Crippen LogP contribution in [-0.4, -0.2) is 29.1 Å². The molecule has 0 radical (unpaired) electrons. The molecule has 34 valence electrons. The molecular weight excluding hydrogens is 183 g/mol. The fourth-order valence-corrected chi connectivity index (χ4v) is 0.556. The van der Waals surface area contributed by atoms with Crippen LogP contribution < -0.4 is 0 Å². The van der Waals surface area contributed by atoms with Crippen molar-refractivity contribution in [2.24, 2.45) is 0 Å². The molecule has 1 nitrogen and oxygen atoms in total. The third-order valence-electron chi connectivity index (χ3n) is 0.319. The van der Waals surface area contributed by atoms with Crippen molar-refractivity contribution < 1.29 is 4.74 Å². The average molecular weight is 191 g/mol. The Kier molecular flexibility index (Phi) is 5.30. The summed E-state index contributed by atoms with van der Waals surface area (Å²) in [5.74, 6) is 0. The second-order valence-electron chi connectivity index (χ2n) is 0.785. The van der Waals surface area contributed by atoms with Crippen LogP contribution in [0.25, 0.3) is 0 Å². The summed E-state index contributed by atoms with van der Waals surface area (Å²) in [4.78, 5) is 0. The van der Waals surface area contributed by atoms with Crippen molar-refractivity contribution in [1.29, 1.82) is 0 Å². The van der Waals surface area contributed by atoms with E-state index in [4.69, 9.17) is 0 Å². The van der Waals surface area contributed by atoms with Gasteiger partial charge in [-0.2, -0.15) is 0 Å². The molecule has 0 aliphatic carbocycles. The second kappa shape index (κ2) is 5.16. The number of rotatable bonds is 1. The van der Waals surface area contributed by atoms with E-state index in [2.05, 4.69) is 14.8 Å². The fraction of sp³-hybridized carbons (Fsp3) is 0.500. The number of ether oxygens (including phenoxy) is 1. The van der Waals surface area contributed by atoms with Crippen LogP contribution in [0, 0.1) is 10.0 Å². The summed E-state index contributed by atoms with van der Waals surface area (Å²) in [6.45, 7) is 2.65. The van der Waals surface area contributed by atoms with Crippen molar-refractivity contribution in [3.05, 3.63) is 0 Å². The van der Waals surface area contributed by atoms with E-state index >= 15 is 0 Å². The summed E-state index contributed by atoms with van der Waals surface area (Å²) in [7, 11) is 0. The first kappa shape index (κ1) is 6.16. The van der Waals surface area contributed by atoms with E-state index in [0.717, 1.165) is 0 Å². The zero-order valence-corrected chi connectivity index (χ0v) is 9.82. The maximum absolute atomic E-state index is 4.67. The van der Waals surface area contributed by atoms with Crippen molar-refractivity contribution in [1.82, 2.24) is 0 Å². The Bertz CT molecular complexity index is 69.4. The van der Waals surface area contributed by atoms with Gasteiger partial charge >= 0.3 is 50.8 Å². The van der Waals surface area contributed by atoms with Crippen LogP contribution in [0.1, 0.15) is 6.92 Å². The Hall–Kier alpha value is 0.159. The van der Waals surface area contributed by atoms with Gasteiger partial charge in [-0.3, -0.25) is 0 Å². The van der Waals surface area contributed by atoms with Crippen LogP contribution in [0.5, 0.6) is 0 Å². The van der Waals surface area contributed by atoms with Gasteiger partial charge in [0.15, 0.2) is 0 Å². The summed E-state index contributed by atoms with van der Waals surface area (Å²) >= 11 is 0.493. The van der Waals surface area contributed by atoms with E-state index < -0.39 is 0 Å². The minimum atomic E-state index is 0.493. The van der Waals surface area contributed by atoms with Gasteiger partial charge < -0.3 is 0 Å². The summed E-state index contributed by atoms with van der Waals surface area (Å²) in [5.41, 5.74) is 0. The van der Waals surface area contributed by atoms with Gasteiger partial charge in [-0.15, -0.1) is 0 Å². The van der Waals surface area contributed by atoms with Gasteiger partial charge in [-0.1, -0.05) is 0 Å². The van der Waals surface area contributed by atoms with Crippen molar-refractivity contribution in [3.8, 4) is 10.0 Å². The van der Waals surface area contributed by atoms with Gasteiger partial charge in [-0.25, -0.2) is 0 Å². The van der Waals surface area contributed by atoms with Crippen molar-refractivity contribution in [2.75, 3.05) is 6.61 Å². The third kappa shape index (κ3) is 4.16. The molecule has 0 heterocycles. The predicted molar refractivity (Wildman–Crippen MR) is 29.3 cm³/mol. The van der Waals surface area contributed by atoms with Gasteiger partial charge in [0.1, 0.15) is 0 Å². The van der Waals surface area contributed by atoms with Gasteiger partial charge in [0.25, 0.3) is 0 Å². The predicted octanol–water partition coefficient (Wildman–Crippen LogP) is -0.693.